The van der Waals surface area contributed by atoms with Crippen molar-refractivity contribution < 1.29 is 9.47 Å². The lowest BCUT2D eigenvalue weighted by molar-refractivity contribution is 0.276. The van der Waals surface area contributed by atoms with E-state index in [9.17, 15) is 0 Å². The van der Waals surface area contributed by atoms with Crippen LogP contribution in [0.5, 0.6) is 11.5 Å². The largest absolute Gasteiger partial charge is 0.492 e. The molecule has 19 heavy (non-hydrogen) atoms. The summed E-state index contributed by atoms with van der Waals surface area (Å²) in [6.45, 7) is 10.1. The van der Waals surface area contributed by atoms with Gasteiger partial charge in [-0.05, 0) is 36.8 Å². The van der Waals surface area contributed by atoms with Gasteiger partial charge in [-0.2, -0.15) is 0 Å². The number of hydrogen-bond acceptors (Lipinski definition) is 2. The molecule has 0 saturated heterocycles. The van der Waals surface area contributed by atoms with E-state index in [1.807, 2.05) is 18.2 Å². The Morgan fingerprint density at radius 3 is 1.68 bits per heavy atom. The van der Waals surface area contributed by atoms with Crippen molar-refractivity contribution in [1.82, 2.24) is 0 Å². The molecule has 0 heterocycles. The Bertz CT molecular complexity index is 343. The third kappa shape index (κ3) is 6.20. The predicted molar refractivity (Wildman–Crippen MR) is 81.4 cm³/mol. The zero-order valence-corrected chi connectivity index (χ0v) is 13.2. The maximum absolute atomic E-state index is 6.29. The highest BCUT2D eigenvalue weighted by Crippen LogP contribution is 2.34. The lowest BCUT2D eigenvalue weighted by Gasteiger charge is -2.13. The molecule has 0 aromatic heterocycles. The Labute approximate surface area is 122 Å². The topological polar surface area (TPSA) is 18.5 Å². The predicted octanol–water partition coefficient (Wildman–Crippen LogP) is 5.19. The molecule has 0 aliphatic heterocycles. The van der Waals surface area contributed by atoms with E-state index >= 15 is 0 Å². The molecular weight excluding hydrogens is 260 g/mol. The fourth-order valence-electron chi connectivity index (χ4n) is 1.52. The van der Waals surface area contributed by atoms with Crippen LogP contribution in [-0.4, -0.2) is 13.2 Å². The Hall–Kier alpha value is -0.890. The van der Waals surface area contributed by atoms with E-state index in [4.69, 9.17) is 21.1 Å². The third-order valence-electron chi connectivity index (χ3n) is 2.83. The van der Waals surface area contributed by atoms with E-state index in [-0.39, 0.29) is 0 Å². The average Bonchev–Trinajstić information content (AvgIpc) is 2.32. The second kappa shape index (κ2) is 8.31. The maximum atomic E-state index is 6.29. The second-order valence-electron chi connectivity index (χ2n) is 5.63. The van der Waals surface area contributed by atoms with E-state index < -0.39 is 0 Å². The molecule has 0 unspecified atom stereocenters. The summed E-state index contributed by atoms with van der Waals surface area (Å²) in [6.07, 6.45) is 2.05. The van der Waals surface area contributed by atoms with Crippen molar-refractivity contribution in [2.75, 3.05) is 13.2 Å². The monoisotopic (exact) mass is 284 g/mol. The van der Waals surface area contributed by atoms with Gasteiger partial charge in [-0.1, -0.05) is 45.4 Å². The molecule has 0 bridgehead atoms. The summed E-state index contributed by atoms with van der Waals surface area (Å²) in [7, 11) is 0. The molecule has 0 amide bonds. The van der Waals surface area contributed by atoms with Gasteiger partial charge in [0.15, 0.2) is 0 Å². The molecular formula is C16H25ClO2. The Balaban J connectivity index is 2.54. The van der Waals surface area contributed by atoms with Crippen LogP contribution in [-0.2, 0) is 0 Å². The lowest BCUT2D eigenvalue weighted by Crippen LogP contribution is -2.04. The Kier molecular flexibility index (Phi) is 7.07. The lowest BCUT2D eigenvalue weighted by atomic mass is 10.1. The highest BCUT2D eigenvalue weighted by molar-refractivity contribution is 6.33. The van der Waals surface area contributed by atoms with Gasteiger partial charge >= 0.3 is 0 Å². The van der Waals surface area contributed by atoms with Gasteiger partial charge in [0.05, 0.1) is 13.2 Å². The van der Waals surface area contributed by atoms with Crippen molar-refractivity contribution in [3.8, 4) is 11.5 Å². The minimum atomic E-state index is 0.579. The molecule has 0 aliphatic carbocycles. The molecule has 0 atom stereocenters. The number of benzene rings is 1. The van der Waals surface area contributed by atoms with Gasteiger partial charge in [0.1, 0.15) is 16.5 Å². The number of rotatable bonds is 8. The standard InChI is InChI=1S/C16H25ClO2/c1-12(2)8-10-18-14-6-5-7-15(16(14)17)19-11-9-13(3)4/h5-7,12-13H,8-11H2,1-4H3. The van der Waals surface area contributed by atoms with Gasteiger partial charge in [0, 0.05) is 0 Å². The van der Waals surface area contributed by atoms with Crippen LogP contribution in [0.4, 0.5) is 0 Å². The SMILES string of the molecule is CC(C)CCOc1cccc(OCCC(C)C)c1Cl. The fourth-order valence-corrected chi connectivity index (χ4v) is 1.76. The molecule has 1 rings (SSSR count). The molecule has 0 fully saturated rings. The van der Waals surface area contributed by atoms with Gasteiger partial charge in [-0.25, -0.2) is 0 Å². The van der Waals surface area contributed by atoms with E-state index in [0.29, 0.717) is 41.6 Å². The van der Waals surface area contributed by atoms with Gasteiger partial charge < -0.3 is 9.47 Å². The summed E-state index contributed by atoms with van der Waals surface area (Å²) in [5, 5.41) is 0.579. The van der Waals surface area contributed by atoms with Crippen LogP contribution >= 0.6 is 11.6 Å². The van der Waals surface area contributed by atoms with Crippen LogP contribution in [0.2, 0.25) is 5.02 Å². The molecule has 0 N–H and O–H groups in total. The summed E-state index contributed by atoms with van der Waals surface area (Å²) < 4.78 is 11.4. The highest BCUT2D eigenvalue weighted by Gasteiger charge is 2.09. The van der Waals surface area contributed by atoms with Crippen LogP contribution in [0.3, 0.4) is 0 Å². The first-order chi connectivity index (χ1) is 9.00. The fraction of sp³-hybridized carbons (Fsp3) is 0.625. The van der Waals surface area contributed by atoms with Gasteiger partial charge in [0.2, 0.25) is 0 Å². The molecule has 0 radical (unpaired) electrons. The maximum Gasteiger partial charge on any atom is 0.141 e. The summed E-state index contributed by atoms with van der Waals surface area (Å²) in [5.41, 5.74) is 0. The summed E-state index contributed by atoms with van der Waals surface area (Å²) in [6, 6.07) is 5.69. The zero-order valence-electron chi connectivity index (χ0n) is 12.4. The Morgan fingerprint density at radius 1 is 0.895 bits per heavy atom. The van der Waals surface area contributed by atoms with Gasteiger partial charge in [0.25, 0.3) is 0 Å². The molecule has 3 heteroatoms. The quantitative estimate of drug-likeness (QED) is 0.654. The van der Waals surface area contributed by atoms with Crippen molar-refractivity contribution in [3.63, 3.8) is 0 Å². The van der Waals surface area contributed by atoms with Crippen molar-refractivity contribution in [2.24, 2.45) is 11.8 Å². The van der Waals surface area contributed by atoms with E-state index in [2.05, 4.69) is 27.7 Å². The number of ether oxygens (including phenoxy) is 2. The molecule has 1 aromatic carbocycles. The first-order valence-electron chi connectivity index (χ1n) is 7.04. The first-order valence-corrected chi connectivity index (χ1v) is 7.42. The smallest absolute Gasteiger partial charge is 0.141 e. The minimum Gasteiger partial charge on any atom is -0.492 e. The average molecular weight is 285 g/mol. The number of halogens is 1. The Morgan fingerprint density at radius 2 is 1.32 bits per heavy atom. The first kappa shape index (κ1) is 16.2. The molecule has 1 aromatic rings. The van der Waals surface area contributed by atoms with E-state index in [1.54, 1.807) is 0 Å². The van der Waals surface area contributed by atoms with Crippen molar-refractivity contribution in [3.05, 3.63) is 23.2 Å². The van der Waals surface area contributed by atoms with Crippen LogP contribution in [0, 0.1) is 11.8 Å². The molecule has 108 valence electrons. The third-order valence-corrected chi connectivity index (χ3v) is 3.21. The highest BCUT2D eigenvalue weighted by atomic mass is 35.5. The molecule has 0 spiro atoms. The van der Waals surface area contributed by atoms with E-state index in [1.165, 1.54) is 0 Å². The van der Waals surface area contributed by atoms with Crippen molar-refractivity contribution in [1.29, 1.82) is 0 Å². The summed E-state index contributed by atoms with van der Waals surface area (Å²) in [5.74, 6) is 2.68. The van der Waals surface area contributed by atoms with Crippen LogP contribution < -0.4 is 9.47 Å². The minimum absolute atomic E-state index is 0.579. The molecule has 0 aliphatic rings. The number of hydrogen-bond donors (Lipinski definition) is 0. The molecule has 0 saturated carbocycles. The van der Waals surface area contributed by atoms with Crippen molar-refractivity contribution >= 4 is 11.6 Å². The molecule has 2 nitrogen and oxygen atoms in total. The second-order valence-corrected chi connectivity index (χ2v) is 6.01. The van der Waals surface area contributed by atoms with Crippen LogP contribution in [0.15, 0.2) is 18.2 Å². The van der Waals surface area contributed by atoms with Crippen LogP contribution in [0.25, 0.3) is 0 Å². The summed E-state index contributed by atoms with van der Waals surface area (Å²) in [4.78, 5) is 0. The van der Waals surface area contributed by atoms with Crippen molar-refractivity contribution in [2.45, 2.75) is 40.5 Å². The van der Waals surface area contributed by atoms with Crippen LogP contribution in [0.1, 0.15) is 40.5 Å². The van der Waals surface area contributed by atoms with Gasteiger partial charge in [-0.3, -0.25) is 0 Å². The normalized spacial score (nSPS) is 11.1. The van der Waals surface area contributed by atoms with Gasteiger partial charge in [-0.15, -0.1) is 0 Å². The summed E-state index contributed by atoms with van der Waals surface area (Å²) >= 11 is 6.29. The zero-order chi connectivity index (χ0) is 14.3. The van der Waals surface area contributed by atoms with E-state index in [0.717, 1.165) is 12.8 Å².